The number of ether oxygens (including phenoxy) is 2. The van der Waals surface area contributed by atoms with Crippen molar-refractivity contribution in [2.75, 3.05) is 13.2 Å². The van der Waals surface area contributed by atoms with Gasteiger partial charge in [0.15, 0.2) is 0 Å². The van der Waals surface area contributed by atoms with Crippen LogP contribution in [0.2, 0.25) is 0 Å². The van der Waals surface area contributed by atoms with E-state index in [1.54, 1.807) is 0 Å². The van der Waals surface area contributed by atoms with Gasteiger partial charge >= 0.3 is 0 Å². The zero-order valence-electron chi connectivity index (χ0n) is 14.8. The Labute approximate surface area is 150 Å². The summed E-state index contributed by atoms with van der Waals surface area (Å²) in [4.78, 5) is 0. The Kier molecular flexibility index (Phi) is 5.73. The second kappa shape index (κ2) is 8.39. The largest absolute Gasteiger partial charge is 0.494 e. The van der Waals surface area contributed by atoms with Crippen LogP contribution >= 0.6 is 0 Å². The van der Waals surface area contributed by atoms with Crippen LogP contribution in [-0.4, -0.2) is 13.2 Å². The van der Waals surface area contributed by atoms with Gasteiger partial charge < -0.3 is 9.47 Å². The lowest BCUT2D eigenvalue weighted by atomic mass is 9.84. The van der Waals surface area contributed by atoms with Crippen LogP contribution in [0.1, 0.15) is 36.5 Å². The molecule has 0 amide bonds. The highest BCUT2D eigenvalue weighted by Gasteiger charge is 2.20. The predicted molar refractivity (Wildman–Crippen MR) is 103 cm³/mol. The highest BCUT2D eigenvalue weighted by molar-refractivity contribution is 5.49. The minimum absolute atomic E-state index is 0.125. The van der Waals surface area contributed by atoms with E-state index < -0.39 is 0 Å². The van der Waals surface area contributed by atoms with Gasteiger partial charge in [-0.25, -0.2) is 0 Å². The van der Waals surface area contributed by atoms with E-state index >= 15 is 0 Å². The predicted octanol–water partition coefficient (Wildman–Crippen LogP) is 5.66. The molecule has 0 heterocycles. The molecule has 3 aromatic carbocycles. The Morgan fingerprint density at radius 1 is 0.640 bits per heavy atom. The van der Waals surface area contributed by atoms with Crippen LogP contribution in [-0.2, 0) is 0 Å². The maximum Gasteiger partial charge on any atom is 0.123 e. The summed E-state index contributed by atoms with van der Waals surface area (Å²) in [6.07, 6.45) is 0. The van der Waals surface area contributed by atoms with Crippen LogP contribution < -0.4 is 9.47 Å². The van der Waals surface area contributed by atoms with E-state index in [9.17, 15) is 0 Å². The molecule has 0 fully saturated rings. The van der Waals surface area contributed by atoms with Gasteiger partial charge in [0.25, 0.3) is 0 Å². The average Bonchev–Trinajstić information content (AvgIpc) is 2.66. The van der Waals surface area contributed by atoms with E-state index in [1.807, 2.05) is 44.2 Å². The van der Waals surface area contributed by atoms with Gasteiger partial charge in [0, 0.05) is 11.5 Å². The molecule has 0 aromatic heterocycles. The second-order valence-corrected chi connectivity index (χ2v) is 5.82. The molecule has 0 aliphatic heterocycles. The molecule has 2 heteroatoms. The molecule has 0 aliphatic rings. The average molecular weight is 332 g/mol. The van der Waals surface area contributed by atoms with Crippen LogP contribution in [0.3, 0.4) is 0 Å². The monoisotopic (exact) mass is 332 g/mol. The molecule has 0 spiro atoms. The number of hydrogen-bond acceptors (Lipinski definition) is 2. The SMILES string of the molecule is CCOc1ccc(C(c2ccccc2)c2ccccc2OCC)cc1. The van der Waals surface area contributed by atoms with Gasteiger partial charge in [0.1, 0.15) is 11.5 Å². The minimum atomic E-state index is 0.125. The fourth-order valence-electron chi connectivity index (χ4n) is 3.13. The van der Waals surface area contributed by atoms with Crippen molar-refractivity contribution in [3.05, 3.63) is 95.6 Å². The lowest BCUT2D eigenvalue weighted by molar-refractivity contribution is 0.336. The van der Waals surface area contributed by atoms with E-state index in [4.69, 9.17) is 9.47 Å². The number of hydrogen-bond donors (Lipinski definition) is 0. The molecule has 0 bridgehead atoms. The van der Waals surface area contributed by atoms with Crippen molar-refractivity contribution in [3.8, 4) is 11.5 Å². The zero-order valence-corrected chi connectivity index (χ0v) is 14.8. The Morgan fingerprint density at radius 2 is 1.24 bits per heavy atom. The van der Waals surface area contributed by atoms with E-state index in [-0.39, 0.29) is 5.92 Å². The molecule has 1 atom stereocenters. The Hall–Kier alpha value is -2.74. The van der Waals surface area contributed by atoms with Gasteiger partial charge in [-0.1, -0.05) is 60.7 Å². The first kappa shape index (κ1) is 17.1. The fourth-order valence-corrected chi connectivity index (χ4v) is 3.13. The fraction of sp³-hybridized carbons (Fsp3) is 0.217. The number of benzene rings is 3. The summed E-state index contributed by atoms with van der Waals surface area (Å²) >= 11 is 0. The van der Waals surface area contributed by atoms with Crippen molar-refractivity contribution in [3.63, 3.8) is 0 Å². The van der Waals surface area contributed by atoms with E-state index in [1.165, 1.54) is 16.7 Å². The summed E-state index contributed by atoms with van der Waals surface area (Å²) in [7, 11) is 0. The smallest absolute Gasteiger partial charge is 0.123 e. The molecular formula is C23H24O2. The first-order chi connectivity index (χ1) is 12.3. The summed E-state index contributed by atoms with van der Waals surface area (Å²) < 4.78 is 11.5. The van der Waals surface area contributed by atoms with Gasteiger partial charge in [-0.3, -0.25) is 0 Å². The van der Waals surface area contributed by atoms with E-state index in [0.717, 1.165) is 11.5 Å². The Balaban J connectivity index is 2.08. The summed E-state index contributed by atoms with van der Waals surface area (Å²) in [5, 5.41) is 0. The maximum absolute atomic E-state index is 5.90. The zero-order chi connectivity index (χ0) is 17.5. The van der Waals surface area contributed by atoms with Gasteiger partial charge in [0.05, 0.1) is 13.2 Å². The molecule has 3 rings (SSSR count). The summed E-state index contributed by atoms with van der Waals surface area (Å²) in [6, 6.07) is 27.2. The molecule has 2 nitrogen and oxygen atoms in total. The van der Waals surface area contributed by atoms with Crippen molar-refractivity contribution >= 4 is 0 Å². The molecule has 0 aliphatic carbocycles. The highest BCUT2D eigenvalue weighted by atomic mass is 16.5. The summed E-state index contributed by atoms with van der Waals surface area (Å²) in [6.45, 7) is 5.35. The van der Waals surface area contributed by atoms with Gasteiger partial charge in [-0.15, -0.1) is 0 Å². The highest BCUT2D eigenvalue weighted by Crippen LogP contribution is 2.37. The van der Waals surface area contributed by atoms with Crippen molar-refractivity contribution < 1.29 is 9.47 Å². The summed E-state index contributed by atoms with van der Waals surface area (Å²) in [5.41, 5.74) is 3.65. The van der Waals surface area contributed by atoms with Crippen LogP contribution in [0.15, 0.2) is 78.9 Å². The molecule has 128 valence electrons. The van der Waals surface area contributed by atoms with Crippen LogP contribution in [0.4, 0.5) is 0 Å². The van der Waals surface area contributed by atoms with Crippen molar-refractivity contribution in [1.29, 1.82) is 0 Å². The molecule has 3 aromatic rings. The van der Waals surface area contributed by atoms with Crippen LogP contribution in [0, 0.1) is 0 Å². The first-order valence-corrected chi connectivity index (χ1v) is 8.83. The number of para-hydroxylation sites is 1. The molecule has 0 saturated carbocycles. The quantitative estimate of drug-likeness (QED) is 0.519. The van der Waals surface area contributed by atoms with Crippen LogP contribution in [0.5, 0.6) is 11.5 Å². The molecule has 0 N–H and O–H groups in total. The maximum atomic E-state index is 5.90. The normalized spacial score (nSPS) is 11.8. The lowest BCUT2D eigenvalue weighted by Gasteiger charge is -2.22. The van der Waals surface area contributed by atoms with Crippen molar-refractivity contribution in [2.24, 2.45) is 0 Å². The second-order valence-electron chi connectivity index (χ2n) is 5.82. The third-order valence-corrected chi connectivity index (χ3v) is 4.19. The Bertz CT molecular complexity index is 779. The molecule has 0 radical (unpaired) electrons. The molecular weight excluding hydrogens is 308 g/mol. The first-order valence-electron chi connectivity index (χ1n) is 8.83. The third kappa shape index (κ3) is 4.03. The van der Waals surface area contributed by atoms with Gasteiger partial charge in [-0.2, -0.15) is 0 Å². The third-order valence-electron chi connectivity index (χ3n) is 4.19. The van der Waals surface area contributed by atoms with Gasteiger partial charge in [-0.05, 0) is 43.2 Å². The van der Waals surface area contributed by atoms with E-state index in [0.29, 0.717) is 13.2 Å². The lowest BCUT2D eigenvalue weighted by Crippen LogP contribution is -2.06. The van der Waals surface area contributed by atoms with Crippen molar-refractivity contribution in [1.82, 2.24) is 0 Å². The molecule has 1 unspecified atom stereocenters. The summed E-state index contributed by atoms with van der Waals surface area (Å²) in [5.74, 6) is 1.96. The standard InChI is InChI=1S/C23H24O2/c1-3-24-20-16-14-19(15-17-20)23(18-10-6-5-7-11-18)21-12-8-9-13-22(21)25-4-2/h5-17,23H,3-4H2,1-2H3. The minimum Gasteiger partial charge on any atom is -0.494 e. The topological polar surface area (TPSA) is 18.5 Å². The molecule has 25 heavy (non-hydrogen) atoms. The molecule has 0 saturated heterocycles. The Morgan fingerprint density at radius 3 is 1.92 bits per heavy atom. The van der Waals surface area contributed by atoms with E-state index in [2.05, 4.69) is 48.5 Å². The number of rotatable bonds is 7. The van der Waals surface area contributed by atoms with Crippen LogP contribution in [0.25, 0.3) is 0 Å². The van der Waals surface area contributed by atoms with Crippen molar-refractivity contribution in [2.45, 2.75) is 19.8 Å². The van der Waals surface area contributed by atoms with Gasteiger partial charge in [0.2, 0.25) is 0 Å².